The molecular formula is C15H22BNO3. The summed E-state index contributed by atoms with van der Waals surface area (Å²) in [6.07, 6.45) is 1.41. The molecule has 1 heterocycles. The van der Waals surface area contributed by atoms with E-state index >= 15 is 0 Å². The maximum Gasteiger partial charge on any atom is 0.462 e. The molecule has 0 saturated carbocycles. The first-order chi connectivity index (χ1) is 9.16. The van der Waals surface area contributed by atoms with Crippen LogP contribution in [-0.2, 0) is 15.6 Å². The lowest BCUT2D eigenvalue weighted by molar-refractivity contribution is 0.00578. The van der Waals surface area contributed by atoms with Crippen molar-refractivity contribution in [3.63, 3.8) is 0 Å². The number of nitrogen functional groups attached to an aromatic ring is 1. The maximum atomic E-state index is 11.1. The van der Waals surface area contributed by atoms with Gasteiger partial charge in [0, 0.05) is 17.6 Å². The van der Waals surface area contributed by atoms with Crippen molar-refractivity contribution in [2.45, 2.75) is 52.1 Å². The van der Waals surface area contributed by atoms with Gasteiger partial charge in [0.25, 0.3) is 0 Å². The predicted molar refractivity (Wildman–Crippen MR) is 80.8 cm³/mol. The second kappa shape index (κ2) is 4.90. The average molecular weight is 275 g/mol. The summed E-state index contributed by atoms with van der Waals surface area (Å²) < 4.78 is 11.9. The Balaban J connectivity index is 2.20. The number of hydrogen-bond acceptors (Lipinski definition) is 4. The summed E-state index contributed by atoms with van der Waals surface area (Å²) in [6, 6.07) is 3.73. The molecule has 1 aliphatic rings. The molecule has 1 fully saturated rings. The molecule has 0 unspecified atom stereocenters. The number of benzene rings is 1. The molecule has 0 spiro atoms. The summed E-state index contributed by atoms with van der Waals surface area (Å²) >= 11 is 0. The van der Waals surface area contributed by atoms with Crippen molar-refractivity contribution in [3.8, 4) is 0 Å². The van der Waals surface area contributed by atoms with Gasteiger partial charge in [-0.2, -0.15) is 0 Å². The van der Waals surface area contributed by atoms with Gasteiger partial charge in [-0.1, -0.05) is 0 Å². The van der Waals surface area contributed by atoms with Crippen LogP contribution in [0.2, 0.25) is 0 Å². The molecule has 1 aromatic carbocycles. The van der Waals surface area contributed by atoms with Crippen LogP contribution in [0.4, 0.5) is 5.69 Å². The highest BCUT2D eigenvalue weighted by atomic mass is 16.7. The van der Waals surface area contributed by atoms with Crippen molar-refractivity contribution < 1.29 is 14.1 Å². The number of hydrogen-bond donors (Lipinski definition) is 1. The van der Waals surface area contributed by atoms with E-state index in [0.29, 0.717) is 17.6 Å². The lowest BCUT2D eigenvalue weighted by Crippen LogP contribution is -2.41. The minimum Gasteiger partial charge on any atom is -0.403 e. The Hall–Kier alpha value is -1.33. The van der Waals surface area contributed by atoms with Crippen LogP contribution < -0.4 is 5.73 Å². The Bertz CT molecular complexity index is 524. The van der Waals surface area contributed by atoms with E-state index in [9.17, 15) is 4.79 Å². The van der Waals surface area contributed by atoms with E-state index in [4.69, 9.17) is 15.0 Å². The van der Waals surface area contributed by atoms with Crippen molar-refractivity contribution in [3.05, 3.63) is 28.8 Å². The molecule has 0 bridgehead atoms. The van der Waals surface area contributed by atoms with Crippen molar-refractivity contribution in [1.29, 1.82) is 0 Å². The van der Waals surface area contributed by atoms with E-state index in [1.807, 2.05) is 46.8 Å². The highest BCUT2D eigenvalue weighted by Crippen LogP contribution is 2.37. The molecule has 1 aromatic rings. The largest absolute Gasteiger partial charge is 0.462 e. The topological polar surface area (TPSA) is 61.6 Å². The summed E-state index contributed by atoms with van der Waals surface area (Å²) in [5.74, 6) is 0. The van der Waals surface area contributed by atoms with Crippen molar-refractivity contribution in [2.75, 3.05) is 5.73 Å². The van der Waals surface area contributed by atoms with Crippen LogP contribution in [-0.4, -0.2) is 24.6 Å². The number of anilines is 1. The fourth-order valence-electron chi connectivity index (χ4n) is 2.31. The Morgan fingerprint density at radius 1 is 1.20 bits per heavy atom. The lowest BCUT2D eigenvalue weighted by Gasteiger charge is -2.32. The molecular weight excluding hydrogens is 253 g/mol. The zero-order valence-electron chi connectivity index (χ0n) is 12.8. The van der Waals surface area contributed by atoms with Crippen LogP contribution >= 0.6 is 0 Å². The Kier molecular flexibility index (Phi) is 3.69. The lowest BCUT2D eigenvalue weighted by atomic mass is 9.80. The Morgan fingerprint density at radius 2 is 1.75 bits per heavy atom. The highest BCUT2D eigenvalue weighted by molar-refractivity contribution is 6.45. The molecule has 0 aromatic heterocycles. The molecule has 4 nitrogen and oxygen atoms in total. The van der Waals surface area contributed by atoms with Gasteiger partial charge in [0.2, 0.25) is 0 Å². The van der Waals surface area contributed by atoms with Crippen LogP contribution in [0, 0.1) is 6.92 Å². The number of nitrogens with two attached hydrogens (primary N) is 1. The fraction of sp³-hybridized carbons (Fsp3) is 0.533. The fourth-order valence-corrected chi connectivity index (χ4v) is 2.31. The molecule has 20 heavy (non-hydrogen) atoms. The van der Waals surface area contributed by atoms with Gasteiger partial charge in [-0.15, -0.1) is 0 Å². The standard InChI is InChI=1S/C15H22BNO3/c1-10-12(9-18)6-11(7-13(10)17)8-16-19-14(2,3)15(4,5)20-16/h6-7,9H,8,17H2,1-5H3. The molecule has 5 heteroatoms. The second-order valence-electron chi connectivity index (χ2n) is 6.41. The van der Waals surface area contributed by atoms with Gasteiger partial charge in [0.05, 0.1) is 11.2 Å². The van der Waals surface area contributed by atoms with E-state index in [2.05, 4.69) is 0 Å². The summed E-state index contributed by atoms with van der Waals surface area (Å²) in [6.45, 7) is 9.93. The summed E-state index contributed by atoms with van der Waals surface area (Å²) in [7, 11) is -0.318. The monoisotopic (exact) mass is 275 g/mol. The molecule has 2 rings (SSSR count). The molecule has 108 valence electrons. The average Bonchev–Trinajstić information content (AvgIpc) is 2.51. The van der Waals surface area contributed by atoms with Crippen molar-refractivity contribution in [2.24, 2.45) is 0 Å². The van der Waals surface area contributed by atoms with E-state index in [-0.39, 0.29) is 18.3 Å². The predicted octanol–water partition coefficient (Wildman–Crippen LogP) is 2.56. The van der Waals surface area contributed by atoms with E-state index in [1.54, 1.807) is 0 Å². The smallest absolute Gasteiger partial charge is 0.403 e. The van der Waals surface area contributed by atoms with Crippen LogP contribution in [0.3, 0.4) is 0 Å². The Labute approximate surface area is 120 Å². The summed E-state index contributed by atoms with van der Waals surface area (Å²) in [5, 5.41) is 0. The second-order valence-corrected chi connectivity index (χ2v) is 6.41. The molecule has 2 N–H and O–H groups in total. The van der Waals surface area contributed by atoms with Crippen LogP contribution in [0.1, 0.15) is 49.2 Å². The number of aldehydes is 1. The molecule has 1 aliphatic heterocycles. The maximum absolute atomic E-state index is 11.1. The zero-order chi connectivity index (χ0) is 15.1. The number of rotatable bonds is 3. The van der Waals surface area contributed by atoms with E-state index < -0.39 is 0 Å². The van der Waals surface area contributed by atoms with Crippen LogP contribution in [0.25, 0.3) is 0 Å². The number of carbonyl (C=O) groups excluding carboxylic acids is 1. The van der Waals surface area contributed by atoms with Gasteiger partial charge in [-0.25, -0.2) is 0 Å². The SMILES string of the molecule is Cc1c(N)cc(CB2OC(C)(C)C(C)(C)O2)cc1C=O. The minimum absolute atomic E-state index is 0.318. The first kappa shape index (κ1) is 15.1. The molecule has 0 atom stereocenters. The van der Waals surface area contributed by atoms with Crippen LogP contribution in [0.5, 0.6) is 0 Å². The zero-order valence-corrected chi connectivity index (χ0v) is 12.8. The highest BCUT2D eigenvalue weighted by Gasteiger charge is 2.50. The minimum atomic E-state index is -0.346. The van der Waals surface area contributed by atoms with Gasteiger partial charge in [0.1, 0.15) is 6.29 Å². The van der Waals surface area contributed by atoms with Crippen molar-refractivity contribution in [1.82, 2.24) is 0 Å². The molecule has 0 aliphatic carbocycles. The van der Waals surface area contributed by atoms with Crippen molar-refractivity contribution >= 4 is 19.1 Å². The molecule has 0 amide bonds. The van der Waals surface area contributed by atoms with Gasteiger partial charge in [-0.3, -0.25) is 4.79 Å². The van der Waals surface area contributed by atoms with Crippen LogP contribution in [0.15, 0.2) is 12.1 Å². The first-order valence-electron chi connectivity index (χ1n) is 6.86. The summed E-state index contributed by atoms with van der Waals surface area (Å²) in [4.78, 5) is 11.1. The third-order valence-corrected chi connectivity index (χ3v) is 4.38. The van der Waals surface area contributed by atoms with E-state index in [1.165, 1.54) is 0 Å². The number of carbonyl (C=O) groups is 1. The Morgan fingerprint density at radius 3 is 2.25 bits per heavy atom. The van der Waals surface area contributed by atoms with Gasteiger partial charge in [0.15, 0.2) is 0 Å². The quantitative estimate of drug-likeness (QED) is 0.523. The van der Waals surface area contributed by atoms with Gasteiger partial charge < -0.3 is 15.0 Å². The molecule has 1 saturated heterocycles. The van der Waals surface area contributed by atoms with Gasteiger partial charge >= 0.3 is 7.12 Å². The third-order valence-electron chi connectivity index (χ3n) is 4.38. The molecule has 0 radical (unpaired) electrons. The third kappa shape index (κ3) is 2.60. The normalized spacial score (nSPS) is 20.1. The summed E-state index contributed by atoms with van der Waals surface area (Å²) in [5.41, 5.74) is 8.26. The first-order valence-corrected chi connectivity index (χ1v) is 6.86. The van der Waals surface area contributed by atoms with Gasteiger partial charge in [-0.05, 0) is 57.9 Å². The van der Waals surface area contributed by atoms with E-state index in [0.717, 1.165) is 17.4 Å².